The van der Waals surface area contributed by atoms with Crippen molar-refractivity contribution in [1.82, 2.24) is 10.2 Å². The Kier molecular flexibility index (Phi) is 4.82. The van der Waals surface area contributed by atoms with Gasteiger partial charge in [0.2, 0.25) is 0 Å². The van der Waals surface area contributed by atoms with Gasteiger partial charge >= 0.3 is 0 Å². The smallest absolute Gasteiger partial charge is 0.0320 e. The lowest BCUT2D eigenvalue weighted by Gasteiger charge is -2.19. The summed E-state index contributed by atoms with van der Waals surface area (Å²) in [7, 11) is 0. The van der Waals surface area contributed by atoms with Crippen molar-refractivity contribution in [3.63, 3.8) is 0 Å². The quantitative estimate of drug-likeness (QED) is 0.884. The van der Waals surface area contributed by atoms with Crippen LogP contribution in [0.2, 0.25) is 0 Å². The van der Waals surface area contributed by atoms with E-state index in [-0.39, 0.29) is 0 Å². The third kappa shape index (κ3) is 3.55. The minimum atomic E-state index is 1.05. The number of rotatable bonds is 2. The lowest BCUT2D eigenvalue weighted by Crippen LogP contribution is -2.27. The van der Waals surface area contributed by atoms with Gasteiger partial charge in [-0.15, -0.1) is 0 Å². The average molecular weight is 348 g/mol. The topological polar surface area (TPSA) is 15.3 Å². The van der Waals surface area contributed by atoms with Crippen LogP contribution < -0.4 is 5.32 Å². The molecule has 16 heavy (non-hydrogen) atoms. The molecule has 0 amide bonds. The molecule has 1 N–H and O–H groups in total. The van der Waals surface area contributed by atoms with Crippen LogP contribution in [0, 0.1) is 0 Å². The Labute approximate surface area is 114 Å². The third-order valence-electron chi connectivity index (χ3n) is 2.82. The summed E-state index contributed by atoms with van der Waals surface area (Å²) in [6.07, 6.45) is 1.25. The first-order chi connectivity index (χ1) is 7.75. The van der Waals surface area contributed by atoms with Crippen molar-refractivity contribution in [1.29, 1.82) is 0 Å². The van der Waals surface area contributed by atoms with Crippen LogP contribution >= 0.6 is 31.9 Å². The Morgan fingerprint density at radius 2 is 2.00 bits per heavy atom. The van der Waals surface area contributed by atoms with E-state index in [1.165, 1.54) is 18.5 Å². The molecule has 0 aliphatic carbocycles. The SMILES string of the molecule is Brc1ccc(CN2CCCNCC2)cc1Br. The first-order valence-electron chi connectivity index (χ1n) is 5.63. The molecule has 1 aliphatic heterocycles. The van der Waals surface area contributed by atoms with Gasteiger partial charge in [0.05, 0.1) is 0 Å². The van der Waals surface area contributed by atoms with Crippen LogP contribution in [0.3, 0.4) is 0 Å². The maximum atomic E-state index is 3.55. The third-order valence-corrected chi connectivity index (χ3v) is 4.70. The lowest BCUT2D eigenvalue weighted by atomic mass is 10.2. The van der Waals surface area contributed by atoms with Gasteiger partial charge in [-0.05, 0) is 69.1 Å². The monoisotopic (exact) mass is 346 g/mol. The van der Waals surface area contributed by atoms with E-state index < -0.39 is 0 Å². The van der Waals surface area contributed by atoms with Crippen molar-refractivity contribution < 1.29 is 0 Å². The molecule has 0 bridgehead atoms. The van der Waals surface area contributed by atoms with Crippen molar-refractivity contribution in [2.24, 2.45) is 0 Å². The highest BCUT2D eigenvalue weighted by Crippen LogP contribution is 2.24. The highest BCUT2D eigenvalue weighted by Gasteiger charge is 2.09. The first kappa shape index (κ1) is 12.6. The average Bonchev–Trinajstić information content (AvgIpc) is 2.52. The molecule has 1 aliphatic rings. The normalized spacial score (nSPS) is 18.4. The fraction of sp³-hybridized carbons (Fsp3) is 0.500. The predicted octanol–water partition coefficient (Wildman–Crippen LogP) is 3.01. The minimum Gasteiger partial charge on any atom is -0.315 e. The summed E-state index contributed by atoms with van der Waals surface area (Å²) in [6.45, 7) is 5.65. The largest absolute Gasteiger partial charge is 0.315 e. The Morgan fingerprint density at radius 1 is 1.12 bits per heavy atom. The molecule has 2 rings (SSSR count). The van der Waals surface area contributed by atoms with Gasteiger partial charge in [0.1, 0.15) is 0 Å². The molecule has 0 radical (unpaired) electrons. The summed E-state index contributed by atoms with van der Waals surface area (Å²) in [5, 5.41) is 3.43. The summed E-state index contributed by atoms with van der Waals surface area (Å²) in [6, 6.07) is 6.49. The van der Waals surface area contributed by atoms with E-state index in [4.69, 9.17) is 0 Å². The van der Waals surface area contributed by atoms with Crippen LogP contribution in [0.1, 0.15) is 12.0 Å². The van der Waals surface area contributed by atoms with E-state index >= 15 is 0 Å². The molecule has 1 saturated heterocycles. The second-order valence-electron chi connectivity index (χ2n) is 4.13. The molecule has 1 heterocycles. The van der Waals surface area contributed by atoms with Crippen molar-refractivity contribution in [2.75, 3.05) is 26.2 Å². The minimum absolute atomic E-state index is 1.05. The van der Waals surface area contributed by atoms with Crippen LogP contribution in [0.25, 0.3) is 0 Å². The molecule has 1 aromatic carbocycles. The van der Waals surface area contributed by atoms with Gasteiger partial charge in [0.15, 0.2) is 0 Å². The number of hydrogen-bond acceptors (Lipinski definition) is 2. The van der Waals surface area contributed by atoms with E-state index in [1.807, 2.05) is 0 Å². The van der Waals surface area contributed by atoms with Gasteiger partial charge in [-0.3, -0.25) is 4.90 Å². The zero-order valence-electron chi connectivity index (χ0n) is 9.18. The molecule has 2 nitrogen and oxygen atoms in total. The van der Waals surface area contributed by atoms with Gasteiger partial charge < -0.3 is 5.32 Å². The molecule has 0 atom stereocenters. The molecule has 1 aromatic rings. The van der Waals surface area contributed by atoms with Gasteiger partial charge in [-0.1, -0.05) is 6.07 Å². The maximum absolute atomic E-state index is 3.55. The standard InChI is InChI=1S/C12H16Br2N2/c13-11-3-2-10(8-12(11)14)9-16-6-1-4-15-5-7-16/h2-3,8,15H,1,4-7,9H2. The van der Waals surface area contributed by atoms with Gasteiger partial charge in [0.25, 0.3) is 0 Å². The van der Waals surface area contributed by atoms with Crippen molar-refractivity contribution >= 4 is 31.9 Å². The molecular weight excluding hydrogens is 332 g/mol. The summed E-state index contributed by atoms with van der Waals surface area (Å²) in [5.74, 6) is 0. The van der Waals surface area contributed by atoms with E-state index in [0.29, 0.717) is 0 Å². The Balaban J connectivity index is 1.99. The van der Waals surface area contributed by atoms with E-state index in [9.17, 15) is 0 Å². The number of nitrogens with one attached hydrogen (secondary N) is 1. The number of hydrogen-bond donors (Lipinski definition) is 1. The second kappa shape index (κ2) is 6.15. The molecule has 0 aromatic heterocycles. The highest BCUT2D eigenvalue weighted by molar-refractivity contribution is 9.13. The van der Waals surface area contributed by atoms with Crippen LogP contribution in [-0.2, 0) is 6.54 Å². The molecular formula is C12H16Br2N2. The zero-order valence-corrected chi connectivity index (χ0v) is 12.3. The maximum Gasteiger partial charge on any atom is 0.0320 e. The molecule has 4 heteroatoms. The zero-order chi connectivity index (χ0) is 11.4. The van der Waals surface area contributed by atoms with Crippen molar-refractivity contribution in [3.05, 3.63) is 32.7 Å². The number of halogens is 2. The van der Waals surface area contributed by atoms with Crippen LogP contribution in [0.5, 0.6) is 0 Å². The highest BCUT2D eigenvalue weighted by atomic mass is 79.9. The number of benzene rings is 1. The molecule has 0 unspecified atom stereocenters. The summed E-state index contributed by atoms with van der Waals surface area (Å²) >= 11 is 7.05. The van der Waals surface area contributed by atoms with Crippen molar-refractivity contribution in [3.8, 4) is 0 Å². The van der Waals surface area contributed by atoms with E-state index in [1.54, 1.807) is 0 Å². The predicted molar refractivity (Wildman–Crippen MR) is 74.6 cm³/mol. The molecule has 0 saturated carbocycles. The van der Waals surface area contributed by atoms with Crippen LogP contribution in [-0.4, -0.2) is 31.1 Å². The lowest BCUT2D eigenvalue weighted by molar-refractivity contribution is 0.284. The summed E-state index contributed by atoms with van der Waals surface area (Å²) in [5.41, 5.74) is 1.37. The van der Waals surface area contributed by atoms with Crippen LogP contribution in [0.15, 0.2) is 27.1 Å². The first-order valence-corrected chi connectivity index (χ1v) is 7.21. The van der Waals surface area contributed by atoms with Gasteiger partial charge in [-0.2, -0.15) is 0 Å². The van der Waals surface area contributed by atoms with E-state index in [0.717, 1.165) is 35.1 Å². The summed E-state index contributed by atoms with van der Waals surface area (Å²) in [4.78, 5) is 2.51. The Bertz CT molecular complexity index is 347. The van der Waals surface area contributed by atoms with Gasteiger partial charge in [-0.25, -0.2) is 0 Å². The molecule has 88 valence electrons. The van der Waals surface area contributed by atoms with Crippen molar-refractivity contribution in [2.45, 2.75) is 13.0 Å². The molecule has 0 spiro atoms. The number of nitrogens with zero attached hydrogens (tertiary/aromatic N) is 1. The summed E-state index contributed by atoms with van der Waals surface area (Å²) < 4.78 is 2.26. The Morgan fingerprint density at radius 3 is 2.81 bits per heavy atom. The second-order valence-corrected chi connectivity index (χ2v) is 5.84. The van der Waals surface area contributed by atoms with Gasteiger partial charge in [0, 0.05) is 28.6 Å². The molecule has 1 fully saturated rings. The Hall–Kier alpha value is 0.1000. The fourth-order valence-electron chi connectivity index (χ4n) is 1.96. The van der Waals surface area contributed by atoms with E-state index in [2.05, 4.69) is 60.3 Å². The fourth-order valence-corrected chi connectivity index (χ4v) is 2.63. The van der Waals surface area contributed by atoms with Crippen LogP contribution in [0.4, 0.5) is 0 Å².